The van der Waals surface area contributed by atoms with Crippen molar-refractivity contribution in [1.29, 1.82) is 0 Å². The number of hydrogen-bond donors (Lipinski definition) is 1. The second-order valence-corrected chi connectivity index (χ2v) is 7.03. The van der Waals surface area contributed by atoms with Gasteiger partial charge in [-0.05, 0) is 37.3 Å². The van der Waals surface area contributed by atoms with Gasteiger partial charge in [0.2, 0.25) is 0 Å². The van der Waals surface area contributed by atoms with Gasteiger partial charge in [0.05, 0.1) is 23.6 Å². The van der Waals surface area contributed by atoms with Crippen molar-refractivity contribution >= 4 is 16.9 Å². The molecule has 1 atom stereocenters. The Bertz CT molecular complexity index is 1160. The van der Waals surface area contributed by atoms with E-state index < -0.39 is 0 Å². The number of nitrogens with zero attached hydrogens (tertiary/aromatic N) is 2. The van der Waals surface area contributed by atoms with E-state index in [0.29, 0.717) is 23.7 Å². The quantitative estimate of drug-likeness (QED) is 0.495. The highest BCUT2D eigenvalue weighted by atomic mass is 19.1. The molecular weight excluding hydrogens is 381 g/mol. The van der Waals surface area contributed by atoms with Gasteiger partial charge in [0.15, 0.2) is 6.61 Å². The summed E-state index contributed by atoms with van der Waals surface area (Å²) in [4.78, 5) is 17.1. The number of aromatic nitrogens is 2. The van der Waals surface area contributed by atoms with Gasteiger partial charge in [-0.15, -0.1) is 0 Å². The van der Waals surface area contributed by atoms with E-state index in [-0.39, 0.29) is 24.4 Å². The highest BCUT2D eigenvalue weighted by molar-refractivity contribution is 5.79. The molecule has 30 heavy (non-hydrogen) atoms. The third-order valence-electron chi connectivity index (χ3n) is 4.85. The zero-order valence-corrected chi connectivity index (χ0v) is 16.6. The molecule has 0 aliphatic carbocycles. The molecule has 0 saturated heterocycles. The summed E-state index contributed by atoms with van der Waals surface area (Å²) in [6.07, 6.45) is 0. The number of amides is 1. The number of carbonyl (C=O) groups excluding carboxylic acids is 1. The number of fused-ring (bicyclic) bond motifs is 1. The molecule has 0 saturated carbocycles. The fourth-order valence-electron chi connectivity index (χ4n) is 3.40. The lowest BCUT2D eigenvalue weighted by Crippen LogP contribution is -2.32. The zero-order chi connectivity index (χ0) is 20.9. The van der Waals surface area contributed by atoms with Crippen LogP contribution < -0.4 is 10.1 Å². The SMILES string of the molecule is C[C@H](NC(=O)COc1ccccc1)c1nc2ccccc2n1Cc1ccccc1F. The molecule has 0 aliphatic heterocycles. The van der Waals surface area contributed by atoms with Crippen molar-refractivity contribution in [1.82, 2.24) is 14.9 Å². The summed E-state index contributed by atoms with van der Waals surface area (Å²) in [7, 11) is 0. The monoisotopic (exact) mass is 403 g/mol. The van der Waals surface area contributed by atoms with E-state index in [1.54, 1.807) is 24.3 Å². The molecule has 5 nitrogen and oxygen atoms in total. The van der Waals surface area contributed by atoms with Gasteiger partial charge in [-0.3, -0.25) is 4.79 Å². The summed E-state index contributed by atoms with van der Waals surface area (Å²) < 4.78 is 21.7. The molecule has 1 amide bonds. The minimum absolute atomic E-state index is 0.0953. The molecule has 0 bridgehead atoms. The van der Waals surface area contributed by atoms with Crippen molar-refractivity contribution in [2.24, 2.45) is 0 Å². The van der Waals surface area contributed by atoms with Crippen LogP contribution in [0.4, 0.5) is 4.39 Å². The zero-order valence-electron chi connectivity index (χ0n) is 16.6. The first-order valence-corrected chi connectivity index (χ1v) is 9.77. The molecule has 1 heterocycles. The highest BCUT2D eigenvalue weighted by Gasteiger charge is 2.19. The Hall–Kier alpha value is -3.67. The molecule has 0 radical (unpaired) electrons. The average molecular weight is 403 g/mol. The van der Waals surface area contributed by atoms with Crippen molar-refractivity contribution in [3.05, 3.63) is 96.1 Å². The Morgan fingerprint density at radius 3 is 2.53 bits per heavy atom. The van der Waals surface area contributed by atoms with Crippen LogP contribution in [0.2, 0.25) is 0 Å². The standard InChI is InChI=1S/C24H22FN3O2/c1-17(26-23(29)16-30-19-10-3-2-4-11-19)24-27-21-13-7-8-14-22(21)28(24)15-18-9-5-6-12-20(18)25/h2-14,17H,15-16H2,1H3,(H,26,29)/t17-/m0/s1. The Morgan fingerprint density at radius 2 is 1.73 bits per heavy atom. The smallest absolute Gasteiger partial charge is 0.258 e. The number of imidazole rings is 1. The summed E-state index contributed by atoms with van der Waals surface area (Å²) >= 11 is 0. The summed E-state index contributed by atoms with van der Waals surface area (Å²) in [5.74, 6) is 0.768. The van der Waals surface area contributed by atoms with Gasteiger partial charge in [-0.25, -0.2) is 9.37 Å². The molecule has 6 heteroatoms. The van der Waals surface area contributed by atoms with Crippen LogP contribution in [-0.2, 0) is 11.3 Å². The fourth-order valence-corrected chi connectivity index (χ4v) is 3.40. The first-order valence-electron chi connectivity index (χ1n) is 9.77. The molecule has 3 aromatic carbocycles. The van der Waals surface area contributed by atoms with Gasteiger partial charge in [0, 0.05) is 5.56 Å². The first kappa shape index (κ1) is 19.6. The number of carbonyl (C=O) groups is 1. The predicted molar refractivity (Wildman–Crippen MR) is 114 cm³/mol. The van der Waals surface area contributed by atoms with Crippen molar-refractivity contribution in [2.45, 2.75) is 19.5 Å². The van der Waals surface area contributed by atoms with Gasteiger partial charge < -0.3 is 14.6 Å². The summed E-state index contributed by atoms with van der Waals surface area (Å²) in [5, 5.41) is 2.93. The van der Waals surface area contributed by atoms with E-state index in [9.17, 15) is 9.18 Å². The molecular formula is C24H22FN3O2. The van der Waals surface area contributed by atoms with E-state index in [4.69, 9.17) is 9.72 Å². The fraction of sp³-hybridized carbons (Fsp3) is 0.167. The number of hydrogen-bond acceptors (Lipinski definition) is 3. The number of nitrogens with one attached hydrogen (secondary N) is 1. The minimum atomic E-state index is -0.379. The van der Waals surface area contributed by atoms with Gasteiger partial charge in [0.25, 0.3) is 5.91 Å². The Morgan fingerprint density at radius 1 is 1.03 bits per heavy atom. The Kier molecular flexibility index (Phi) is 5.75. The lowest BCUT2D eigenvalue weighted by Gasteiger charge is -2.17. The molecule has 1 aromatic heterocycles. The van der Waals surface area contributed by atoms with Crippen LogP contribution in [-0.4, -0.2) is 22.1 Å². The third-order valence-corrected chi connectivity index (χ3v) is 4.85. The van der Waals surface area contributed by atoms with Crippen molar-refractivity contribution in [3.8, 4) is 5.75 Å². The van der Waals surface area contributed by atoms with E-state index >= 15 is 0 Å². The molecule has 4 rings (SSSR count). The number of rotatable bonds is 7. The third kappa shape index (κ3) is 4.33. The van der Waals surface area contributed by atoms with Crippen LogP contribution in [0.1, 0.15) is 24.4 Å². The van der Waals surface area contributed by atoms with Crippen molar-refractivity contribution < 1.29 is 13.9 Å². The largest absolute Gasteiger partial charge is 0.484 e. The summed E-state index contributed by atoms with van der Waals surface area (Å²) in [5.41, 5.74) is 2.25. The highest BCUT2D eigenvalue weighted by Crippen LogP contribution is 2.23. The van der Waals surface area contributed by atoms with Crippen molar-refractivity contribution in [3.63, 3.8) is 0 Å². The van der Waals surface area contributed by atoms with Crippen LogP contribution in [0.3, 0.4) is 0 Å². The van der Waals surface area contributed by atoms with Crippen LogP contribution in [0, 0.1) is 5.82 Å². The topological polar surface area (TPSA) is 56.1 Å². The predicted octanol–water partition coefficient (Wildman–Crippen LogP) is 4.48. The molecule has 152 valence electrons. The van der Waals surface area contributed by atoms with Gasteiger partial charge in [0.1, 0.15) is 17.4 Å². The van der Waals surface area contributed by atoms with E-state index in [0.717, 1.165) is 11.0 Å². The molecule has 0 spiro atoms. The molecule has 4 aromatic rings. The van der Waals surface area contributed by atoms with Crippen LogP contribution in [0.5, 0.6) is 5.75 Å². The Balaban J connectivity index is 1.55. The maximum Gasteiger partial charge on any atom is 0.258 e. The van der Waals surface area contributed by atoms with Gasteiger partial charge in [-0.1, -0.05) is 48.5 Å². The normalized spacial score (nSPS) is 11.9. The van der Waals surface area contributed by atoms with Crippen molar-refractivity contribution in [2.75, 3.05) is 6.61 Å². The second kappa shape index (κ2) is 8.78. The number of para-hydroxylation sites is 3. The number of benzene rings is 3. The molecule has 0 unspecified atom stereocenters. The minimum Gasteiger partial charge on any atom is -0.484 e. The van der Waals surface area contributed by atoms with E-state index in [1.165, 1.54) is 6.07 Å². The maximum atomic E-state index is 14.3. The summed E-state index contributed by atoms with van der Waals surface area (Å²) in [6, 6.07) is 23.1. The second-order valence-electron chi connectivity index (χ2n) is 7.03. The first-order chi connectivity index (χ1) is 14.6. The lowest BCUT2D eigenvalue weighted by atomic mass is 10.2. The van der Waals surface area contributed by atoms with Gasteiger partial charge >= 0.3 is 0 Å². The molecule has 0 fully saturated rings. The van der Waals surface area contributed by atoms with Crippen LogP contribution in [0.25, 0.3) is 11.0 Å². The Labute approximate surface area is 174 Å². The molecule has 0 aliphatic rings. The van der Waals surface area contributed by atoms with E-state index in [2.05, 4.69) is 5.32 Å². The van der Waals surface area contributed by atoms with Gasteiger partial charge in [-0.2, -0.15) is 0 Å². The summed E-state index contributed by atoms with van der Waals surface area (Å²) in [6.45, 7) is 2.09. The number of halogens is 1. The van der Waals surface area contributed by atoms with Crippen LogP contribution >= 0.6 is 0 Å². The molecule has 1 N–H and O–H groups in total. The van der Waals surface area contributed by atoms with Crippen LogP contribution in [0.15, 0.2) is 78.9 Å². The maximum absolute atomic E-state index is 14.3. The number of ether oxygens (including phenoxy) is 1. The average Bonchev–Trinajstić information content (AvgIpc) is 3.13. The van der Waals surface area contributed by atoms with E-state index in [1.807, 2.05) is 60.0 Å². The lowest BCUT2D eigenvalue weighted by molar-refractivity contribution is -0.123.